The zero-order valence-corrected chi connectivity index (χ0v) is 9.51. The molecule has 80 valence electrons. The van der Waals surface area contributed by atoms with E-state index in [-0.39, 0.29) is 0 Å². The molecular weight excluding hydrogens is 220 g/mol. The van der Waals surface area contributed by atoms with E-state index >= 15 is 0 Å². The summed E-state index contributed by atoms with van der Waals surface area (Å²) >= 11 is 1.60. The minimum atomic E-state index is 0.635. The molecule has 0 saturated carbocycles. The first-order chi connectivity index (χ1) is 7.75. The van der Waals surface area contributed by atoms with Crippen molar-refractivity contribution in [1.82, 2.24) is 9.97 Å². The molecule has 1 aliphatic heterocycles. The Hall–Kier alpha value is -1.88. The van der Waals surface area contributed by atoms with Crippen molar-refractivity contribution in [2.45, 2.75) is 6.92 Å². The van der Waals surface area contributed by atoms with Crippen LogP contribution in [0.15, 0.2) is 18.3 Å². The van der Waals surface area contributed by atoms with Crippen LogP contribution in [0, 0.1) is 6.92 Å². The van der Waals surface area contributed by atoms with Crippen LogP contribution in [0.3, 0.4) is 0 Å². The molecule has 0 unspecified atom stereocenters. The van der Waals surface area contributed by atoms with Crippen molar-refractivity contribution < 1.29 is 0 Å². The second-order valence-corrected chi connectivity index (χ2v) is 4.76. The molecule has 1 aliphatic rings. The van der Waals surface area contributed by atoms with Crippen molar-refractivity contribution in [1.29, 1.82) is 0 Å². The highest BCUT2D eigenvalue weighted by molar-refractivity contribution is 7.16. The van der Waals surface area contributed by atoms with Crippen molar-refractivity contribution in [2.75, 3.05) is 5.32 Å². The lowest BCUT2D eigenvalue weighted by molar-refractivity contribution is 1.17. The SMILES string of the molecule is Cc1nc2c(s1)NC=c1cccnc1=C2N. The van der Waals surface area contributed by atoms with Crippen LogP contribution >= 0.6 is 11.3 Å². The largest absolute Gasteiger partial charge is 0.395 e. The van der Waals surface area contributed by atoms with Gasteiger partial charge in [0.2, 0.25) is 0 Å². The number of aryl methyl sites for hydroxylation is 1. The number of hydrogen-bond acceptors (Lipinski definition) is 5. The van der Waals surface area contributed by atoms with Gasteiger partial charge in [-0.25, -0.2) is 4.98 Å². The normalized spacial score (nSPS) is 13.2. The van der Waals surface area contributed by atoms with Gasteiger partial charge in [0, 0.05) is 17.6 Å². The molecule has 0 radical (unpaired) electrons. The lowest BCUT2D eigenvalue weighted by Gasteiger charge is -1.97. The Balaban J connectivity index is 2.43. The molecule has 0 spiro atoms. The van der Waals surface area contributed by atoms with Crippen molar-refractivity contribution in [2.24, 2.45) is 5.73 Å². The number of anilines is 1. The molecule has 0 fully saturated rings. The third kappa shape index (κ3) is 1.29. The summed E-state index contributed by atoms with van der Waals surface area (Å²) in [6.07, 6.45) is 3.66. The molecule has 0 aromatic carbocycles. The Morgan fingerprint density at radius 2 is 2.31 bits per heavy atom. The number of nitrogens with one attached hydrogen (secondary N) is 1. The lowest BCUT2D eigenvalue weighted by atomic mass is 10.3. The molecule has 4 nitrogen and oxygen atoms in total. The number of fused-ring (bicyclic) bond motifs is 2. The molecule has 2 aromatic heterocycles. The van der Waals surface area contributed by atoms with Gasteiger partial charge in [0.15, 0.2) is 0 Å². The molecule has 2 aromatic rings. The van der Waals surface area contributed by atoms with Gasteiger partial charge in [0.25, 0.3) is 0 Å². The molecule has 0 saturated heterocycles. The topological polar surface area (TPSA) is 63.8 Å². The first-order valence-corrected chi connectivity index (χ1v) is 5.73. The van der Waals surface area contributed by atoms with Crippen LogP contribution < -0.4 is 21.6 Å². The average molecular weight is 230 g/mol. The molecule has 0 bridgehead atoms. The fraction of sp³-hybridized carbons (Fsp3) is 0.0909. The predicted octanol–water partition coefficient (Wildman–Crippen LogP) is 0.125. The van der Waals surface area contributed by atoms with E-state index < -0.39 is 0 Å². The highest BCUT2D eigenvalue weighted by Gasteiger charge is 2.14. The predicted molar refractivity (Wildman–Crippen MR) is 65.1 cm³/mol. The van der Waals surface area contributed by atoms with Crippen LogP contribution in [0.25, 0.3) is 11.9 Å². The Bertz CT molecular complexity index is 672. The maximum absolute atomic E-state index is 6.11. The number of thiazole rings is 1. The smallest absolute Gasteiger partial charge is 0.123 e. The molecule has 3 heterocycles. The lowest BCUT2D eigenvalue weighted by Crippen LogP contribution is -2.32. The molecule has 0 aliphatic carbocycles. The van der Waals surface area contributed by atoms with Gasteiger partial charge in [-0.05, 0) is 19.1 Å². The minimum Gasteiger partial charge on any atom is -0.395 e. The zero-order valence-electron chi connectivity index (χ0n) is 8.69. The van der Waals surface area contributed by atoms with E-state index in [0.29, 0.717) is 5.70 Å². The Morgan fingerprint density at radius 3 is 3.19 bits per heavy atom. The number of hydrogen-bond donors (Lipinski definition) is 2. The van der Waals surface area contributed by atoms with E-state index in [9.17, 15) is 0 Å². The van der Waals surface area contributed by atoms with Gasteiger partial charge >= 0.3 is 0 Å². The highest BCUT2D eigenvalue weighted by Crippen LogP contribution is 2.27. The summed E-state index contributed by atoms with van der Waals surface area (Å²) in [5.74, 6) is 0. The summed E-state index contributed by atoms with van der Waals surface area (Å²) in [5.41, 5.74) is 7.55. The fourth-order valence-electron chi connectivity index (χ4n) is 1.72. The van der Waals surface area contributed by atoms with Gasteiger partial charge in [-0.2, -0.15) is 0 Å². The molecular formula is C11H10N4S. The number of nitrogens with two attached hydrogens (primary N) is 1. The maximum atomic E-state index is 6.11. The molecule has 3 rings (SSSR count). The third-order valence-corrected chi connectivity index (χ3v) is 3.34. The van der Waals surface area contributed by atoms with E-state index in [4.69, 9.17) is 5.73 Å². The van der Waals surface area contributed by atoms with Gasteiger partial charge < -0.3 is 11.1 Å². The number of rotatable bonds is 0. The monoisotopic (exact) mass is 230 g/mol. The number of pyridine rings is 1. The Labute approximate surface area is 96.2 Å². The summed E-state index contributed by atoms with van der Waals surface area (Å²) in [7, 11) is 0. The van der Waals surface area contributed by atoms with E-state index in [1.165, 1.54) is 0 Å². The van der Waals surface area contributed by atoms with Crippen LogP contribution in [-0.2, 0) is 0 Å². The summed E-state index contributed by atoms with van der Waals surface area (Å²) in [6.45, 7) is 1.97. The van der Waals surface area contributed by atoms with E-state index in [2.05, 4.69) is 15.3 Å². The molecule has 0 amide bonds. The maximum Gasteiger partial charge on any atom is 0.123 e. The Morgan fingerprint density at radius 1 is 1.44 bits per heavy atom. The van der Waals surface area contributed by atoms with Crippen molar-refractivity contribution in [3.63, 3.8) is 0 Å². The fourth-order valence-corrected chi connectivity index (χ4v) is 2.52. The standard InChI is InChI=1S/C11H10N4S/c1-6-15-10-8(12)9-7(3-2-4-13-9)5-14-11(10)16-6/h2-5,14H,12H2,1H3. The van der Waals surface area contributed by atoms with Crippen LogP contribution in [0.5, 0.6) is 0 Å². The summed E-state index contributed by atoms with van der Waals surface area (Å²) in [5, 5.41) is 6.98. The van der Waals surface area contributed by atoms with Crippen molar-refractivity contribution in [3.05, 3.63) is 39.6 Å². The second-order valence-electron chi connectivity index (χ2n) is 3.55. The van der Waals surface area contributed by atoms with Gasteiger partial charge in [-0.15, -0.1) is 11.3 Å². The van der Waals surface area contributed by atoms with Gasteiger partial charge in [-0.1, -0.05) is 0 Å². The minimum absolute atomic E-state index is 0.635. The first kappa shape index (κ1) is 9.35. The third-order valence-electron chi connectivity index (χ3n) is 2.44. The van der Waals surface area contributed by atoms with Crippen LogP contribution in [0.1, 0.15) is 10.7 Å². The van der Waals surface area contributed by atoms with Crippen LogP contribution in [0.2, 0.25) is 0 Å². The van der Waals surface area contributed by atoms with Gasteiger partial charge in [-0.3, -0.25) is 4.98 Å². The van der Waals surface area contributed by atoms with E-state index in [1.54, 1.807) is 17.5 Å². The molecule has 5 heteroatoms. The number of aromatic nitrogens is 2. The highest BCUT2D eigenvalue weighted by atomic mass is 32.1. The van der Waals surface area contributed by atoms with Crippen LogP contribution in [0.4, 0.5) is 5.00 Å². The summed E-state index contributed by atoms with van der Waals surface area (Å²) in [4.78, 5) is 8.72. The quantitative estimate of drug-likeness (QED) is 0.675. The molecule has 16 heavy (non-hydrogen) atoms. The second kappa shape index (κ2) is 3.31. The Kier molecular flexibility index (Phi) is 1.94. The molecule has 3 N–H and O–H groups in total. The van der Waals surface area contributed by atoms with Gasteiger partial charge in [0.05, 0.1) is 16.1 Å². The molecule has 0 atom stereocenters. The summed E-state index contributed by atoms with van der Waals surface area (Å²) < 4.78 is 0. The average Bonchev–Trinajstić information content (AvgIpc) is 2.62. The van der Waals surface area contributed by atoms with E-state index in [1.807, 2.05) is 25.3 Å². The van der Waals surface area contributed by atoms with Crippen molar-refractivity contribution in [3.8, 4) is 0 Å². The van der Waals surface area contributed by atoms with E-state index in [0.717, 1.165) is 26.3 Å². The first-order valence-electron chi connectivity index (χ1n) is 4.91. The van der Waals surface area contributed by atoms with Crippen molar-refractivity contribution >= 4 is 28.2 Å². The zero-order chi connectivity index (χ0) is 11.1. The van der Waals surface area contributed by atoms with Crippen LogP contribution in [-0.4, -0.2) is 9.97 Å². The summed E-state index contributed by atoms with van der Waals surface area (Å²) in [6, 6.07) is 3.87. The number of nitrogens with zero attached hydrogens (tertiary/aromatic N) is 2. The van der Waals surface area contributed by atoms with Gasteiger partial charge in [0.1, 0.15) is 10.7 Å².